The highest BCUT2D eigenvalue weighted by molar-refractivity contribution is 6.30. The van der Waals surface area contributed by atoms with Crippen molar-refractivity contribution >= 4 is 23.2 Å². The Kier molecular flexibility index (Phi) is 4.49. The van der Waals surface area contributed by atoms with Gasteiger partial charge < -0.3 is 5.32 Å². The molecule has 1 N–H and O–H groups in total. The van der Waals surface area contributed by atoms with Crippen molar-refractivity contribution in [1.82, 2.24) is 4.57 Å². The summed E-state index contributed by atoms with van der Waals surface area (Å²) in [4.78, 5) is 23.4. The molecule has 0 unspecified atom stereocenters. The van der Waals surface area contributed by atoms with E-state index in [4.69, 9.17) is 11.6 Å². The Bertz CT molecular complexity index is 946. The summed E-state index contributed by atoms with van der Waals surface area (Å²) >= 11 is 5.92. The smallest absolute Gasteiger partial charge is 0.255 e. The molecule has 0 spiro atoms. The molecule has 1 amide bonds. The standard InChI is InChI=1S/C19H15ClN2O2/c1-13(23)21-17-3-2-4-18(11-17)22-12-15(7-10-19(22)24)14-5-8-16(20)9-6-14/h2-12H,1H3,(H,21,23). The zero-order valence-electron chi connectivity index (χ0n) is 13.0. The first kappa shape index (κ1) is 16.0. The first-order chi connectivity index (χ1) is 11.5. The SMILES string of the molecule is CC(=O)Nc1cccc(-n2cc(-c3ccc(Cl)cc3)ccc2=O)c1. The fourth-order valence-electron chi connectivity index (χ4n) is 2.44. The second-order valence-corrected chi connectivity index (χ2v) is 5.80. The van der Waals surface area contributed by atoms with Crippen LogP contribution in [-0.4, -0.2) is 10.5 Å². The van der Waals surface area contributed by atoms with Gasteiger partial charge in [-0.05, 0) is 47.5 Å². The number of pyridine rings is 1. The number of carbonyl (C=O) groups excluding carboxylic acids is 1. The second kappa shape index (κ2) is 6.72. The van der Waals surface area contributed by atoms with E-state index in [0.717, 1.165) is 11.1 Å². The third kappa shape index (κ3) is 3.55. The molecule has 3 rings (SSSR count). The van der Waals surface area contributed by atoms with Crippen molar-refractivity contribution in [3.8, 4) is 16.8 Å². The molecule has 1 heterocycles. The lowest BCUT2D eigenvalue weighted by atomic mass is 10.1. The van der Waals surface area contributed by atoms with Gasteiger partial charge in [0.1, 0.15) is 0 Å². The molecule has 0 saturated heterocycles. The lowest BCUT2D eigenvalue weighted by Gasteiger charge is -2.10. The molecule has 1 aromatic heterocycles. The summed E-state index contributed by atoms with van der Waals surface area (Å²) in [6, 6.07) is 17.9. The number of halogens is 1. The van der Waals surface area contributed by atoms with E-state index in [-0.39, 0.29) is 11.5 Å². The predicted octanol–water partition coefficient (Wildman–Crippen LogP) is 4.12. The maximum Gasteiger partial charge on any atom is 0.255 e. The van der Waals surface area contributed by atoms with E-state index in [0.29, 0.717) is 16.4 Å². The van der Waals surface area contributed by atoms with Gasteiger partial charge in [-0.3, -0.25) is 14.2 Å². The van der Waals surface area contributed by atoms with Crippen LogP contribution in [0.4, 0.5) is 5.69 Å². The van der Waals surface area contributed by atoms with Gasteiger partial charge in [-0.25, -0.2) is 0 Å². The molecule has 0 aliphatic rings. The zero-order chi connectivity index (χ0) is 17.1. The number of hydrogen-bond acceptors (Lipinski definition) is 2. The van der Waals surface area contributed by atoms with Crippen LogP contribution < -0.4 is 10.9 Å². The van der Waals surface area contributed by atoms with E-state index in [1.807, 2.05) is 30.3 Å². The summed E-state index contributed by atoms with van der Waals surface area (Å²) in [5.41, 5.74) is 3.04. The fraction of sp³-hybridized carbons (Fsp3) is 0.0526. The second-order valence-electron chi connectivity index (χ2n) is 5.36. The molecule has 120 valence electrons. The molecule has 0 atom stereocenters. The molecular formula is C19H15ClN2O2. The van der Waals surface area contributed by atoms with Gasteiger partial charge in [-0.1, -0.05) is 29.8 Å². The van der Waals surface area contributed by atoms with Gasteiger partial charge in [0, 0.05) is 29.9 Å². The number of aromatic nitrogens is 1. The van der Waals surface area contributed by atoms with Crippen LogP contribution in [-0.2, 0) is 4.79 Å². The molecule has 0 aliphatic carbocycles. The van der Waals surface area contributed by atoms with Crippen LogP contribution in [0, 0.1) is 0 Å². The van der Waals surface area contributed by atoms with Crippen LogP contribution in [0.2, 0.25) is 5.02 Å². The van der Waals surface area contributed by atoms with E-state index < -0.39 is 0 Å². The normalized spacial score (nSPS) is 10.4. The van der Waals surface area contributed by atoms with Crippen molar-refractivity contribution in [1.29, 1.82) is 0 Å². The lowest BCUT2D eigenvalue weighted by molar-refractivity contribution is -0.114. The lowest BCUT2D eigenvalue weighted by Crippen LogP contribution is -2.16. The number of amides is 1. The third-order valence-electron chi connectivity index (χ3n) is 3.53. The Balaban J connectivity index is 2.05. The van der Waals surface area contributed by atoms with Gasteiger partial charge in [0.15, 0.2) is 0 Å². The Hall–Kier alpha value is -2.85. The van der Waals surface area contributed by atoms with Crippen LogP contribution in [0.25, 0.3) is 16.8 Å². The number of rotatable bonds is 3. The van der Waals surface area contributed by atoms with E-state index in [2.05, 4.69) is 5.32 Å². The number of carbonyl (C=O) groups is 1. The maximum atomic E-state index is 12.2. The fourth-order valence-corrected chi connectivity index (χ4v) is 2.56. The number of hydrogen-bond donors (Lipinski definition) is 1. The highest BCUT2D eigenvalue weighted by atomic mass is 35.5. The van der Waals surface area contributed by atoms with Crippen LogP contribution in [0.5, 0.6) is 0 Å². The van der Waals surface area contributed by atoms with Crippen LogP contribution in [0.15, 0.2) is 71.7 Å². The Morgan fingerprint density at radius 1 is 1.00 bits per heavy atom. The summed E-state index contributed by atoms with van der Waals surface area (Å²) in [7, 11) is 0. The minimum atomic E-state index is -0.158. The quantitative estimate of drug-likeness (QED) is 0.781. The van der Waals surface area contributed by atoms with Gasteiger partial charge in [0.25, 0.3) is 5.56 Å². The predicted molar refractivity (Wildman–Crippen MR) is 96.8 cm³/mol. The van der Waals surface area contributed by atoms with Crippen molar-refractivity contribution in [2.45, 2.75) is 6.92 Å². The molecule has 5 heteroatoms. The first-order valence-electron chi connectivity index (χ1n) is 7.39. The molecule has 24 heavy (non-hydrogen) atoms. The Morgan fingerprint density at radius 2 is 1.71 bits per heavy atom. The van der Waals surface area contributed by atoms with Gasteiger partial charge in [0.05, 0.1) is 5.69 Å². The summed E-state index contributed by atoms with van der Waals surface area (Å²) in [5.74, 6) is -0.158. The van der Waals surface area contributed by atoms with Crippen molar-refractivity contribution < 1.29 is 4.79 Å². The topological polar surface area (TPSA) is 51.1 Å². The molecule has 0 aliphatic heterocycles. The number of nitrogens with zero attached hydrogens (tertiary/aromatic N) is 1. The summed E-state index contributed by atoms with van der Waals surface area (Å²) in [6.07, 6.45) is 1.78. The van der Waals surface area contributed by atoms with Crippen molar-refractivity contribution in [2.24, 2.45) is 0 Å². The highest BCUT2D eigenvalue weighted by Gasteiger charge is 2.05. The summed E-state index contributed by atoms with van der Waals surface area (Å²) < 4.78 is 1.55. The van der Waals surface area contributed by atoms with Crippen LogP contribution >= 0.6 is 11.6 Å². The van der Waals surface area contributed by atoms with Crippen molar-refractivity contribution in [3.63, 3.8) is 0 Å². The molecule has 0 saturated carbocycles. The van der Waals surface area contributed by atoms with E-state index in [1.54, 1.807) is 35.0 Å². The molecule has 0 radical (unpaired) electrons. The number of benzene rings is 2. The molecule has 0 fully saturated rings. The highest BCUT2D eigenvalue weighted by Crippen LogP contribution is 2.22. The first-order valence-corrected chi connectivity index (χ1v) is 7.77. The maximum absolute atomic E-state index is 12.2. The Labute approximate surface area is 144 Å². The largest absolute Gasteiger partial charge is 0.326 e. The van der Waals surface area contributed by atoms with E-state index in [1.165, 1.54) is 13.0 Å². The number of anilines is 1. The monoisotopic (exact) mass is 338 g/mol. The zero-order valence-corrected chi connectivity index (χ0v) is 13.7. The Morgan fingerprint density at radius 3 is 2.42 bits per heavy atom. The minimum Gasteiger partial charge on any atom is -0.326 e. The molecule has 0 bridgehead atoms. The summed E-state index contributed by atoms with van der Waals surface area (Å²) in [5, 5.41) is 3.38. The van der Waals surface area contributed by atoms with Crippen molar-refractivity contribution in [2.75, 3.05) is 5.32 Å². The van der Waals surface area contributed by atoms with Crippen LogP contribution in [0.1, 0.15) is 6.92 Å². The average Bonchev–Trinajstić information content (AvgIpc) is 2.56. The molecule has 4 nitrogen and oxygen atoms in total. The van der Waals surface area contributed by atoms with E-state index >= 15 is 0 Å². The number of nitrogens with one attached hydrogen (secondary N) is 1. The van der Waals surface area contributed by atoms with Gasteiger partial charge in [-0.15, -0.1) is 0 Å². The van der Waals surface area contributed by atoms with Gasteiger partial charge >= 0.3 is 0 Å². The third-order valence-corrected chi connectivity index (χ3v) is 3.79. The average molecular weight is 339 g/mol. The summed E-state index contributed by atoms with van der Waals surface area (Å²) in [6.45, 7) is 1.44. The molecule has 2 aromatic carbocycles. The van der Waals surface area contributed by atoms with Crippen LogP contribution in [0.3, 0.4) is 0 Å². The molecule has 3 aromatic rings. The van der Waals surface area contributed by atoms with E-state index in [9.17, 15) is 9.59 Å². The van der Waals surface area contributed by atoms with Gasteiger partial charge in [0.2, 0.25) is 5.91 Å². The van der Waals surface area contributed by atoms with Gasteiger partial charge in [-0.2, -0.15) is 0 Å². The van der Waals surface area contributed by atoms with Crippen molar-refractivity contribution in [3.05, 3.63) is 82.2 Å². The molecular weight excluding hydrogens is 324 g/mol. The minimum absolute atomic E-state index is 0.146.